The van der Waals surface area contributed by atoms with Crippen molar-refractivity contribution in [3.8, 4) is 0 Å². The number of thiazole rings is 1. The number of aromatic nitrogens is 1. The minimum atomic E-state index is -4.93. The van der Waals surface area contributed by atoms with Crippen LogP contribution in [-0.4, -0.2) is 34.9 Å². The molecular weight excluding hydrogens is 516 g/mol. The van der Waals surface area contributed by atoms with E-state index in [1.54, 1.807) is 11.3 Å². The minimum absolute atomic E-state index is 0.0300. The molecule has 0 radical (unpaired) electrons. The van der Waals surface area contributed by atoms with E-state index in [1.807, 2.05) is 25.4 Å². The second kappa shape index (κ2) is 10.6. The van der Waals surface area contributed by atoms with Crippen molar-refractivity contribution < 1.29 is 31.1 Å². The van der Waals surface area contributed by atoms with E-state index in [0.717, 1.165) is 37.4 Å². The molecule has 0 bridgehead atoms. The van der Waals surface area contributed by atoms with Crippen LogP contribution in [0, 0.1) is 11.3 Å². The van der Waals surface area contributed by atoms with E-state index < -0.39 is 35.4 Å². The van der Waals surface area contributed by atoms with Crippen molar-refractivity contribution >= 4 is 17.2 Å². The maximum absolute atomic E-state index is 13.4. The number of carbonyl (C=O) groups excluding carboxylic acids is 1. The molecule has 2 heterocycles. The lowest BCUT2D eigenvalue weighted by atomic mass is 9.74. The predicted octanol–water partition coefficient (Wildman–Crippen LogP) is 6.87. The third-order valence-electron chi connectivity index (χ3n) is 8.03. The molecule has 0 spiro atoms. The van der Waals surface area contributed by atoms with E-state index in [0.29, 0.717) is 30.9 Å². The van der Waals surface area contributed by atoms with Gasteiger partial charge in [-0.2, -0.15) is 26.3 Å². The van der Waals surface area contributed by atoms with Gasteiger partial charge in [0.25, 0.3) is 0 Å². The molecule has 0 unspecified atom stereocenters. The summed E-state index contributed by atoms with van der Waals surface area (Å²) in [6, 6.07) is 1.65. The molecule has 2 atom stereocenters. The molecule has 1 aromatic carbocycles. The van der Waals surface area contributed by atoms with Crippen LogP contribution in [0.2, 0.25) is 0 Å². The van der Waals surface area contributed by atoms with E-state index in [-0.39, 0.29) is 29.5 Å². The molecule has 2 aliphatic rings. The van der Waals surface area contributed by atoms with Crippen LogP contribution in [0.25, 0.3) is 0 Å². The van der Waals surface area contributed by atoms with Gasteiger partial charge in [-0.1, -0.05) is 13.8 Å². The summed E-state index contributed by atoms with van der Waals surface area (Å²) in [6.45, 7) is 5.32. The van der Waals surface area contributed by atoms with Gasteiger partial charge < -0.3 is 10.2 Å². The first-order valence-corrected chi connectivity index (χ1v) is 13.4. The highest BCUT2D eigenvalue weighted by Gasteiger charge is 2.49. The van der Waals surface area contributed by atoms with E-state index in [2.05, 4.69) is 15.2 Å². The fourth-order valence-electron chi connectivity index (χ4n) is 5.78. The summed E-state index contributed by atoms with van der Waals surface area (Å²) in [7, 11) is 0. The zero-order chi connectivity index (χ0) is 27.0. The molecular formula is C26H31F6N3OS. The van der Waals surface area contributed by atoms with Crippen LogP contribution in [0.5, 0.6) is 0 Å². The fourth-order valence-corrected chi connectivity index (χ4v) is 6.59. The summed E-state index contributed by atoms with van der Waals surface area (Å²) in [6.07, 6.45) is -3.95. The van der Waals surface area contributed by atoms with Gasteiger partial charge in [0.1, 0.15) is 0 Å². The van der Waals surface area contributed by atoms with Gasteiger partial charge in [-0.3, -0.25) is 4.79 Å². The second-order valence-corrected chi connectivity index (χ2v) is 11.4. The molecule has 2 aromatic rings. The zero-order valence-electron chi connectivity index (χ0n) is 20.8. The van der Waals surface area contributed by atoms with Crippen LogP contribution in [0.1, 0.15) is 73.6 Å². The first-order chi connectivity index (χ1) is 17.3. The Kier molecular flexibility index (Phi) is 7.95. The maximum atomic E-state index is 13.4. The highest BCUT2D eigenvalue weighted by molar-refractivity contribution is 7.09. The number of piperidine rings is 1. The van der Waals surface area contributed by atoms with Crippen molar-refractivity contribution in [2.24, 2.45) is 11.3 Å². The molecule has 37 heavy (non-hydrogen) atoms. The number of alkyl halides is 6. The molecule has 1 amide bonds. The monoisotopic (exact) mass is 547 g/mol. The number of carbonyl (C=O) groups is 1. The van der Waals surface area contributed by atoms with Gasteiger partial charge in [-0.15, -0.1) is 11.3 Å². The second-order valence-electron chi connectivity index (χ2n) is 10.5. The quantitative estimate of drug-likeness (QED) is 0.402. The molecule has 1 aliphatic carbocycles. The van der Waals surface area contributed by atoms with Crippen molar-refractivity contribution in [1.29, 1.82) is 0 Å². The summed E-state index contributed by atoms with van der Waals surface area (Å²) in [5.41, 5.74) is -3.71. The van der Waals surface area contributed by atoms with Crippen molar-refractivity contribution in [2.45, 2.75) is 76.8 Å². The summed E-state index contributed by atoms with van der Waals surface area (Å²) in [5.74, 6) is 0.108. The fraction of sp³-hybridized carbons (Fsp3) is 0.615. The Balaban J connectivity index is 1.43. The Hall–Kier alpha value is -2.14. The molecule has 1 aromatic heterocycles. The number of halogens is 6. The largest absolute Gasteiger partial charge is 0.416 e. The first kappa shape index (κ1) is 27.9. The number of likely N-dealkylation sites (tertiary alicyclic amines) is 1. The Morgan fingerprint density at radius 2 is 1.70 bits per heavy atom. The number of amides is 1. The van der Waals surface area contributed by atoms with Gasteiger partial charge in [0, 0.05) is 30.1 Å². The van der Waals surface area contributed by atoms with Crippen LogP contribution in [0.4, 0.5) is 26.3 Å². The number of rotatable bonds is 6. The molecule has 4 rings (SSSR count). The SMILES string of the molecule is CC(C)[C@]1(C(=O)NCc2cc(C(F)(F)F)cc(C(F)(F)F)c2)CC[C@@H](N2CCC(c3nccs3)CC2)C1. The maximum Gasteiger partial charge on any atom is 0.416 e. The first-order valence-electron chi connectivity index (χ1n) is 12.5. The molecule has 4 nitrogen and oxygen atoms in total. The lowest BCUT2D eigenvalue weighted by molar-refractivity contribution is -0.143. The molecule has 2 fully saturated rings. The molecule has 1 aliphatic heterocycles. The predicted molar refractivity (Wildman–Crippen MR) is 129 cm³/mol. The topological polar surface area (TPSA) is 45.2 Å². The third kappa shape index (κ3) is 6.13. The number of nitrogens with one attached hydrogen (secondary N) is 1. The average molecular weight is 548 g/mol. The highest BCUT2D eigenvalue weighted by Crippen LogP contribution is 2.47. The van der Waals surface area contributed by atoms with Gasteiger partial charge in [-0.05, 0) is 74.9 Å². The number of hydrogen-bond donors (Lipinski definition) is 1. The lowest BCUT2D eigenvalue weighted by Gasteiger charge is -2.37. The van der Waals surface area contributed by atoms with E-state index in [4.69, 9.17) is 0 Å². The van der Waals surface area contributed by atoms with Crippen LogP contribution in [0.15, 0.2) is 29.8 Å². The molecule has 1 N–H and O–H groups in total. The number of hydrogen-bond acceptors (Lipinski definition) is 4. The number of nitrogens with zero attached hydrogens (tertiary/aromatic N) is 2. The van der Waals surface area contributed by atoms with Crippen molar-refractivity contribution in [1.82, 2.24) is 15.2 Å². The molecule has 1 saturated carbocycles. The van der Waals surface area contributed by atoms with Gasteiger partial charge in [-0.25, -0.2) is 4.98 Å². The zero-order valence-corrected chi connectivity index (χ0v) is 21.6. The molecule has 204 valence electrons. The van der Waals surface area contributed by atoms with Crippen LogP contribution in [0.3, 0.4) is 0 Å². The summed E-state index contributed by atoms with van der Waals surface area (Å²) >= 11 is 1.67. The lowest BCUT2D eigenvalue weighted by Crippen LogP contribution is -2.45. The Morgan fingerprint density at radius 3 is 2.22 bits per heavy atom. The normalized spacial score (nSPS) is 24.1. The van der Waals surface area contributed by atoms with E-state index in [9.17, 15) is 31.1 Å². The molecule has 1 saturated heterocycles. The van der Waals surface area contributed by atoms with Crippen LogP contribution < -0.4 is 5.32 Å². The average Bonchev–Trinajstić information content (AvgIpc) is 3.53. The summed E-state index contributed by atoms with van der Waals surface area (Å²) < 4.78 is 79.3. The van der Waals surface area contributed by atoms with Crippen molar-refractivity contribution in [2.75, 3.05) is 13.1 Å². The standard InChI is InChI=1S/C26H31F6N3OS/c1-16(2)24(6-3-21(14-24)35-8-4-18(5-9-35)22-33-7-10-37-22)23(36)34-15-17-11-19(25(27,28)29)13-20(12-17)26(30,31)32/h7,10-13,16,18,21H,3-6,8-9,14-15H2,1-2H3,(H,34,36)/t21-,24+/m1/s1. The van der Waals surface area contributed by atoms with Gasteiger partial charge in [0.2, 0.25) is 5.91 Å². The van der Waals surface area contributed by atoms with Crippen LogP contribution in [-0.2, 0) is 23.7 Å². The van der Waals surface area contributed by atoms with Gasteiger partial charge >= 0.3 is 12.4 Å². The Bertz CT molecular complexity index is 1040. The van der Waals surface area contributed by atoms with Crippen LogP contribution >= 0.6 is 11.3 Å². The van der Waals surface area contributed by atoms with Gasteiger partial charge in [0.15, 0.2) is 0 Å². The van der Waals surface area contributed by atoms with E-state index >= 15 is 0 Å². The van der Waals surface area contributed by atoms with E-state index in [1.165, 1.54) is 0 Å². The summed E-state index contributed by atoms with van der Waals surface area (Å²) in [5, 5.41) is 5.81. The third-order valence-corrected chi connectivity index (χ3v) is 8.97. The number of benzene rings is 1. The Morgan fingerprint density at radius 1 is 1.08 bits per heavy atom. The van der Waals surface area contributed by atoms with Gasteiger partial charge in [0.05, 0.1) is 21.5 Å². The van der Waals surface area contributed by atoms with Crippen molar-refractivity contribution in [3.05, 3.63) is 51.5 Å². The minimum Gasteiger partial charge on any atom is -0.352 e. The van der Waals surface area contributed by atoms with Crippen molar-refractivity contribution in [3.63, 3.8) is 0 Å². The highest BCUT2D eigenvalue weighted by atomic mass is 32.1. The molecule has 11 heteroatoms. The summed E-state index contributed by atoms with van der Waals surface area (Å²) in [4.78, 5) is 20.3. The smallest absolute Gasteiger partial charge is 0.352 e. The Labute approximate surface area is 216 Å².